The Bertz CT molecular complexity index is 670. The summed E-state index contributed by atoms with van der Waals surface area (Å²) in [5, 5.41) is 6.19. The summed E-state index contributed by atoms with van der Waals surface area (Å²) in [5.41, 5.74) is 2.59. The van der Waals surface area contributed by atoms with Gasteiger partial charge in [0, 0.05) is 18.3 Å². The molecule has 0 saturated heterocycles. The van der Waals surface area contributed by atoms with Crippen LogP contribution in [0.5, 0.6) is 0 Å². The molecule has 128 valence electrons. The molecule has 0 aliphatic heterocycles. The first-order valence-corrected chi connectivity index (χ1v) is 8.58. The molecule has 1 aromatic carbocycles. The van der Waals surface area contributed by atoms with E-state index in [0.29, 0.717) is 24.0 Å². The van der Waals surface area contributed by atoms with Gasteiger partial charge in [-0.25, -0.2) is 9.97 Å². The molecule has 2 rings (SSSR count). The number of rotatable bonds is 8. The zero-order chi connectivity index (χ0) is 17.4. The molecule has 1 aromatic heterocycles. The normalized spacial score (nSPS) is 10.7. The van der Waals surface area contributed by atoms with Crippen LogP contribution in [0, 0.1) is 0 Å². The number of hydrogen-bond donors (Lipinski definition) is 2. The SMILES string of the molecule is CCCCCNC(=O)c1cc(Nc2ccccc2C(C)C)ncn1. The fourth-order valence-corrected chi connectivity index (χ4v) is 2.47. The minimum absolute atomic E-state index is 0.159. The third kappa shape index (κ3) is 5.05. The van der Waals surface area contributed by atoms with Crippen molar-refractivity contribution in [3.8, 4) is 0 Å². The lowest BCUT2D eigenvalue weighted by Gasteiger charge is -2.14. The lowest BCUT2D eigenvalue weighted by Crippen LogP contribution is -2.25. The third-order valence-corrected chi connectivity index (χ3v) is 3.81. The summed E-state index contributed by atoms with van der Waals surface area (Å²) in [6, 6.07) is 9.80. The fourth-order valence-electron chi connectivity index (χ4n) is 2.47. The summed E-state index contributed by atoms with van der Waals surface area (Å²) in [6.45, 7) is 7.11. The van der Waals surface area contributed by atoms with E-state index in [0.717, 1.165) is 24.9 Å². The van der Waals surface area contributed by atoms with Crippen molar-refractivity contribution in [2.24, 2.45) is 0 Å². The van der Waals surface area contributed by atoms with Gasteiger partial charge in [0.25, 0.3) is 5.91 Å². The number of nitrogens with one attached hydrogen (secondary N) is 2. The average Bonchev–Trinajstić information content (AvgIpc) is 2.59. The predicted octanol–water partition coefficient (Wildman–Crippen LogP) is 4.26. The highest BCUT2D eigenvalue weighted by Gasteiger charge is 2.10. The summed E-state index contributed by atoms with van der Waals surface area (Å²) >= 11 is 0. The standard InChI is InChI=1S/C19H26N4O/c1-4-5-8-11-20-19(24)17-12-18(22-13-21-17)23-16-10-7-6-9-15(16)14(2)3/h6-7,9-10,12-14H,4-5,8,11H2,1-3H3,(H,20,24)(H,21,22,23). The molecule has 5 nitrogen and oxygen atoms in total. The van der Waals surface area contributed by atoms with Gasteiger partial charge in [-0.15, -0.1) is 0 Å². The van der Waals surface area contributed by atoms with Crippen molar-refractivity contribution >= 4 is 17.4 Å². The van der Waals surface area contributed by atoms with Crippen molar-refractivity contribution in [1.29, 1.82) is 0 Å². The smallest absolute Gasteiger partial charge is 0.270 e. The molecule has 2 aromatic rings. The second-order valence-corrected chi connectivity index (χ2v) is 6.12. The Labute approximate surface area is 143 Å². The summed E-state index contributed by atoms with van der Waals surface area (Å²) in [6.07, 6.45) is 4.65. The number of aromatic nitrogens is 2. The Balaban J connectivity index is 2.07. The van der Waals surface area contributed by atoms with Gasteiger partial charge in [-0.3, -0.25) is 4.79 Å². The first-order valence-electron chi connectivity index (χ1n) is 8.58. The zero-order valence-corrected chi connectivity index (χ0v) is 14.7. The Kier molecular flexibility index (Phi) is 6.73. The highest BCUT2D eigenvalue weighted by atomic mass is 16.1. The average molecular weight is 326 g/mol. The van der Waals surface area contributed by atoms with Crippen LogP contribution < -0.4 is 10.6 Å². The van der Waals surface area contributed by atoms with E-state index in [2.05, 4.69) is 47.4 Å². The number of para-hydroxylation sites is 1. The van der Waals surface area contributed by atoms with Gasteiger partial charge in [0.2, 0.25) is 0 Å². The van der Waals surface area contributed by atoms with Gasteiger partial charge in [-0.05, 0) is 24.0 Å². The molecule has 0 aliphatic rings. The van der Waals surface area contributed by atoms with Crippen molar-refractivity contribution in [2.45, 2.75) is 46.0 Å². The van der Waals surface area contributed by atoms with E-state index in [-0.39, 0.29) is 5.91 Å². The molecule has 0 spiro atoms. The van der Waals surface area contributed by atoms with Gasteiger partial charge in [0.1, 0.15) is 17.8 Å². The van der Waals surface area contributed by atoms with Crippen LogP contribution in [-0.4, -0.2) is 22.4 Å². The maximum atomic E-state index is 12.2. The van der Waals surface area contributed by atoms with E-state index in [9.17, 15) is 4.79 Å². The van der Waals surface area contributed by atoms with Crippen molar-refractivity contribution in [3.05, 3.63) is 47.9 Å². The molecule has 0 unspecified atom stereocenters. The zero-order valence-electron chi connectivity index (χ0n) is 14.7. The van der Waals surface area contributed by atoms with Crippen LogP contribution in [0.3, 0.4) is 0 Å². The molecule has 0 radical (unpaired) electrons. The summed E-state index contributed by atoms with van der Waals surface area (Å²) in [5.74, 6) is 0.863. The second-order valence-electron chi connectivity index (χ2n) is 6.12. The molecule has 1 amide bonds. The lowest BCUT2D eigenvalue weighted by atomic mass is 10.0. The molecule has 0 saturated carbocycles. The van der Waals surface area contributed by atoms with E-state index in [1.807, 2.05) is 18.2 Å². The molecule has 0 fully saturated rings. The molecule has 0 atom stereocenters. The molecule has 0 bridgehead atoms. The van der Waals surface area contributed by atoms with E-state index >= 15 is 0 Å². The van der Waals surface area contributed by atoms with Crippen LogP contribution in [0.4, 0.5) is 11.5 Å². The number of anilines is 2. The van der Waals surface area contributed by atoms with Gasteiger partial charge in [-0.1, -0.05) is 51.8 Å². The van der Waals surface area contributed by atoms with Gasteiger partial charge in [0.05, 0.1) is 0 Å². The first kappa shape index (κ1) is 17.9. The number of hydrogen-bond acceptors (Lipinski definition) is 4. The maximum absolute atomic E-state index is 12.2. The summed E-state index contributed by atoms with van der Waals surface area (Å²) in [4.78, 5) is 20.5. The van der Waals surface area contributed by atoms with E-state index < -0.39 is 0 Å². The van der Waals surface area contributed by atoms with Gasteiger partial charge < -0.3 is 10.6 Å². The highest BCUT2D eigenvalue weighted by Crippen LogP contribution is 2.26. The topological polar surface area (TPSA) is 66.9 Å². The molecular weight excluding hydrogens is 300 g/mol. The largest absolute Gasteiger partial charge is 0.351 e. The Morgan fingerprint density at radius 3 is 2.71 bits per heavy atom. The molecule has 5 heteroatoms. The van der Waals surface area contributed by atoms with Crippen molar-refractivity contribution in [1.82, 2.24) is 15.3 Å². The molecular formula is C19H26N4O. The maximum Gasteiger partial charge on any atom is 0.270 e. The van der Waals surface area contributed by atoms with Crippen LogP contribution in [0.2, 0.25) is 0 Å². The third-order valence-electron chi connectivity index (χ3n) is 3.81. The van der Waals surface area contributed by atoms with Crippen LogP contribution in [-0.2, 0) is 0 Å². The van der Waals surface area contributed by atoms with Crippen LogP contribution in [0.15, 0.2) is 36.7 Å². The minimum Gasteiger partial charge on any atom is -0.351 e. The van der Waals surface area contributed by atoms with Crippen molar-refractivity contribution in [3.63, 3.8) is 0 Å². The van der Waals surface area contributed by atoms with Crippen LogP contribution >= 0.6 is 0 Å². The lowest BCUT2D eigenvalue weighted by molar-refractivity contribution is 0.0948. The van der Waals surface area contributed by atoms with Gasteiger partial charge >= 0.3 is 0 Å². The molecule has 2 N–H and O–H groups in total. The summed E-state index contributed by atoms with van der Waals surface area (Å²) in [7, 11) is 0. The summed E-state index contributed by atoms with van der Waals surface area (Å²) < 4.78 is 0. The Morgan fingerprint density at radius 2 is 1.96 bits per heavy atom. The van der Waals surface area contributed by atoms with Crippen LogP contribution in [0.25, 0.3) is 0 Å². The van der Waals surface area contributed by atoms with Gasteiger partial charge in [0.15, 0.2) is 0 Å². The van der Waals surface area contributed by atoms with E-state index in [1.165, 1.54) is 11.9 Å². The fraction of sp³-hybridized carbons (Fsp3) is 0.421. The van der Waals surface area contributed by atoms with Crippen molar-refractivity contribution < 1.29 is 4.79 Å². The van der Waals surface area contributed by atoms with Crippen molar-refractivity contribution in [2.75, 3.05) is 11.9 Å². The number of unbranched alkanes of at least 4 members (excludes halogenated alkanes) is 2. The monoisotopic (exact) mass is 326 g/mol. The van der Waals surface area contributed by atoms with Crippen LogP contribution in [0.1, 0.15) is 62.0 Å². The number of carbonyl (C=O) groups is 1. The van der Waals surface area contributed by atoms with E-state index in [4.69, 9.17) is 0 Å². The Hall–Kier alpha value is -2.43. The minimum atomic E-state index is -0.159. The van der Waals surface area contributed by atoms with Gasteiger partial charge in [-0.2, -0.15) is 0 Å². The molecule has 24 heavy (non-hydrogen) atoms. The quantitative estimate of drug-likeness (QED) is 0.711. The number of benzene rings is 1. The van der Waals surface area contributed by atoms with E-state index in [1.54, 1.807) is 6.07 Å². The number of nitrogens with zero attached hydrogens (tertiary/aromatic N) is 2. The number of carbonyl (C=O) groups excluding carboxylic acids is 1. The highest BCUT2D eigenvalue weighted by molar-refractivity contribution is 5.92. The second kappa shape index (κ2) is 9.01. The molecule has 0 aliphatic carbocycles. The first-order chi connectivity index (χ1) is 11.6. The molecule has 1 heterocycles. The predicted molar refractivity (Wildman–Crippen MR) is 97.7 cm³/mol. The number of amides is 1. The Morgan fingerprint density at radius 1 is 1.17 bits per heavy atom.